The summed E-state index contributed by atoms with van der Waals surface area (Å²) in [5.41, 5.74) is 5.24. The van der Waals surface area contributed by atoms with E-state index in [1.807, 2.05) is 0 Å². The molecule has 1 heterocycles. The van der Waals surface area contributed by atoms with Crippen LogP contribution in [0, 0.1) is 0 Å². The van der Waals surface area contributed by atoms with E-state index in [1.54, 1.807) is 19.3 Å². The third-order valence-electron chi connectivity index (χ3n) is 1.12. The third-order valence-corrected chi connectivity index (χ3v) is 1.12. The Morgan fingerprint density at radius 2 is 2.56 bits per heavy atom. The van der Waals surface area contributed by atoms with Crippen LogP contribution in [-0.4, -0.2) is 9.55 Å². The molecule has 4 nitrogen and oxygen atoms in total. The predicted molar refractivity (Wildman–Crippen MR) is 34.0 cm³/mol. The standard InChI is InChI=1S/C5H9N3O/c1-4(6)8-3-2-7-5(8)9/h2-4H,6H2,1H3,(H,7,9). The van der Waals surface area contributed by atoms with Gasteiger partial charge >= 0.3 is 5.69 Å². The van der Waals surface area contributed by atoms with E-state index in [4.69, 9.17) is 5.73 Å². The Kier molecular flexibility index (Phi) is 1.40. The van der Waals surface area contributed by atoms with Crippen LogP contribution in [0.4, 0.5) is 0 Å². The van der Waals surface area contributed by atoms with Crippen molar-refractivity contribution >= 4 is 0 Å². The molecule has 0 bridgehead atoms. The second-order valence-corrected chi connectivity index (χ2v) is 1.91. The van der Waals surface area contributed by atoms with Gasteiger partial charge in [0, 0.05) is 12.4 Å². The highest BCUT2D eigenvalue weighted by Gasteiger charge is 1.97. The molecule has 1 atom stereocenters. The van der Waals surface area contributed by atoms with Gasteiger partial charge in [-0.05, 0) is 6.92 Å². The first kappa shape index (κ1) is 6.10. The fourth-order valence-corrected chi connectivity index (χ4v) is 0.652. The molecule has 4 heteroatoms. The molecule has 0 aliphatic heterocycles. The van der Waals surface area contributed by atoms with Crippen molar-refractivity contribution < 1.29 is 0 Å². The number of nitrogens with zero attached hydrogens (tertiary/aromatic N) is 1. The van der Waals surface area contributed by atoms with Gasteiger partial charge in [-0.2, -0.15) is 0 Å². The van der Waals surface area contributed by atoms with Gasteiger partial charge in [-0.15, -0.1) is 0 Å². The zero-order chi connectivity index (χ0) is 6.85. The fourth-order valence-electron chi connectivity index (χ4n) is 0.652. The van der Waals surface area contributed by atoms with Crippen molar-refractivity contribution in [1.29, 1.82) is 0 Å². The number of aromatic nitrogens is 2. The molecule has 0 saturated heterocycles. The lowest BCUT2D eigenvalue weighted by atomic mass is 10.6. The van der Waals surface area contributed by atoms with Crippen LogP contribution in [0.25, 0.3) is 0 Å². The topological polar surface area (TPSA) is 63.8 Å². The quantitative estimate of drug-likeness (QED) is 0.541. The van der Waals surface area contributed by atoms with E-state index in [0.717, 1.165) is 0 Å². The fraction of sp³-hybridized carbons (Fsp3) is 0.400. The maximum Gasteiger partial charge on any atom is 0.326 e. The number of imidazole rings is 1. The number of rotatable bonds is 1. The molecule has 0 saturated carbocycles. The van der Waals surface area contributed by atoms with Crippen molar-refractivity contribution in [2.75, 3.05) is 0 Å². The van der Waals surface area contributed by atoms with Crippen LogP contribution in [0.5, 0.6) is 0 Å². The van der Waals surface area contributed by atoms with Crippen molar-refractivity contribution in [2.45, 2.75) is 13.1 Å². The maximum atomic E-state index is 10.7. The molecule has 0 radical (unpaired) electrons. The Balaban J connectivity index is 3.08. The molecule has 1 aromatic heterocycles. The Hall–Kier alpha value is -1.03. The van der Waals surface area contributed by atoms with Crippen molar-refractivity contribution in [3.8, 4) is 0 Å². The van der Waals surface area contributed by atoms with E-state index >= 15 is 0 Å². The van der Waals surface area contributed by atoms with Crippen LogP contribution in [0.1, 0.15) is 13.1 Å². The number of nitrogens with two attached hydrogens (primary N) is 1. The highest BCUT2D eigenvalue weighted by Crippen LogP contribution is 1.87. The maximum absolute atomic E-state index is 10.7. The SMILES string of the molecule is CC(N)n1cc[nH]c1=O. The summed E-state index contributed by atoms with van der Waals surface area (Å²) in [5.74, 6) is 0. The van der Waals surface area contributed by atoms with E-state index in [1.165, 1.54) is 4.57 Å². The molecule has 50 valence electrons. The minimum atomic E-state index is -0.247. The lowest BCUT2D eigenvalue weighted by molar-refractivity contribution is 0.554. The molecule has 0 fully saturated rings. The van der Waals surface area contributed by atoms with Crippen LogP contribution in [-0.2, 0) is 0 Å². The number of aromatic amines is 1. The van der Waals surface area contributed by atoms with Gasteiger partial charge in [0.25, 0.3) is 0 Å². The molecular formula is C5H9N3O. The summed E-state index contributed by atoms with van der Waals surface area (Å²) in [7, 11) is 0. The molecule has 1 unspecified atom stereocenters. The van der Waals surface area contributed by atoms with Gasteiger partial charge in [-0.25, -0.2) is 4.79 Å². The predicted octanol–water partition coefficient (Wildman–Crippen LogP) is -0.346. The highest BCUT2D eigenvalue weighted by molar-refractivity contribution is 4.77. The smallest absolute Gasteiger partial charge is 0.313 e. The monoisotopic (exact) mass is 127 g/mol. The van der Waals surface area contributed by atoms with E-state index in [0.29, 0.717) is 0 Å². The first-order chi connectivity index (χ1) is 4.22. The van der Waals surface area contributed by atoms with Crippen LogP contribution in [0.15, 0.2) is 17.2 Å². The van der Waals surface area contributed by atoms with Crippen molar-refractivity contribution in [3.05, 3.63) is 22.9 Å². The van der Waals surface area contributed by atoms with Gasteiger partial charge < -0.3 is 10.7 Å². The summed E-state index contributed by atoms with van der Waals surface area (Å²) in [5, 5.41) is 0. The molecule has 0 spiro atoms. The van der Waals surface area contributed by atoms with Gasteiger partial charge in [-0.3, -0.25) is 4.57 Å². The molecule has 1 aromatic rings. The van der Waals surface area contributed by atoms with Crippen LogP contribution in [0.2, 0.25) is 0 Å². The zero-order valence-electron chi connectivity index (χ0n) is 5.16. The summed E-state index contributed by atoms with van der Waals surface area (Å²) >= 11 is 0. The summed E-state index contributed by atoms with van der Waals surface area (Å²) in [6, 6.07) is 0. The van der Waals surface area contributed by atoms with Gasteiger partial charge in [0.05, 0.1) is 6.17 Å². The summed E-state index contributed by atoms with van der Waals surface area (Å²) in [6.45, 7) is 1.75. The Bertz CT molecular complexity index is 234. The molecule has 0 aromatic carbocycles. The van der Waals surface area contributed by atoms with Crippen LogP contribution >= 0.6 is 0 Å². The number of hydrogen-bond donors (Lipinski definition) is 2. The average Bonchev–Trinajstić information content (AvgIpc) is 2.13. The van der Waals surface area contributed by atoms with Gasteiger partial charge in [0.2, 0.25) is 0 Å². The molecule has 3 N–H and O–H groups in total. The summed E-state index contributed by atoms with van der Waals surface area (Å²) < 4.78 is 1.42. The molecular weight excluding hydrogens is 118 g/mol. The molecule has 0 amide bonds. The molecule has 0 aliphatic carbocycles. The van der Waals surface area contributed by atoms with E-state index in [2.05, 4.69) is 4.98 Å². The Morgan fingerprint density at radius 3 is 2.78 bits per heavy atom. The zero-order valence-corrected chi connectivity index (χ0v) is 5.16. The minimum absolute atomic E-state index is 0.162. The average molecular weight is 127 g/mol. The van der Waals surface area contributed by atoms with E-state index in [9.17, 15) is 4.79 Å². The largest absolute Gasteiger partial charge is 0.326 e. The first-order valence-electron chi connectivity index (χ1n) is 2.73. The normalized spacial score (nSPS) is 13.6. The second kappa shape index (κ2) is 2.06. The van der Waals surface area contributed by atoms with Crippen LogP contribution in [0.3, 0.4) is 0 Å². The summed E-state index contributed by atoms with van der Waals surface area (Å²) in [4.78, 5) is 13.2. The molecule has 0 aliphatic rings. The third kappa shape index (κ3) is 1.02. The number of H-pyrrole nitrogens is 1. The van der Waals surface area contributed by atoms with Gasteiger partial charge in [0.15, 0.2) is 0 Å². The summed E-state index contributed by atoms with van der Waals surface area (Å²) in [6.07, 6.45) is 2.93. The van der Waals surface area contributed by atoms with E-state index in [-0.39, 0.29) is 11.9 Å². The van der Waals surface area contributed by atoms with E-state index < -0.39 is 0 Å². The first-order valence-corrected chi connectivity index (χ1v) is 2.73. The number of nitrogens with one attached hydrogen (secondary N) is 1. The minimum Gasteiger partial charge on any atom is -0.313 e. The van der Waals surface area contributed by atoms with Crippen molar-refractivity contribution in [3.63, 3.8) is 0 Å². The Morgan fingerprint density at radius 1 is 1.89 bits per heavy atom. The Labute approximate surface area is 52.3 Å². The molecule has 1 rings (SSSR count). The van der Waals surface area contributed by atoms with Crippen molar-refractivity contribution in [1.82, 2.24) is 9.55 Å². The lowest BCUT2D eigenvalue weighted by Crippen LogP contribution is -2.25. The van der Waals surface area contributed by atoms with Crippen LogP contribution < -0.4 is 11.4 Å². The second-order valence-electron chi connectivity index (χ2n) is 1.91. The van der Waals surface area contributed by atoms with Gasteiger partial charge in [-0.1, -0.05) is 0 Å². The van der Waals surface area contributed by atoms with Gasteiger partial charge in [0.1, 0.15) is 0 Å². The lowest BCUT2D eigenvalue weighted by Gasteiger charge is -2.01. The number of hydrogen-bond acceptors (Lipinski definition) is 2. The highest BCUT2D eigenvalue weighted by atomic mass is 16.1. The molecule has 9 heavy (non-hydrogen) atoms. The van der Waals surface area contributed by atoms with Crippen molar-refractivity contribution in [2.24, 2.45) is 5.73 Å².